The van der Waals surface area contributed by atoms with Gasteiger partial charge in [-0.15, -0.1) is 0 Å². The monoisotopic (exact) mass is 336 g/mol. The Morgan fingerprint density at radius 1 is 1.12 bits per heavy atom. The third kappa shape index (κ3) is 4.71. The molecule has 136 valence electrons. The van der Waals surface area contributed by atoms with Gasteiger partial charge in [0.05, 0.1) is 13.5 Å². The summed E-state index contributed by atoms with van der Waals surface area (Å²) in [5.74, 6) is 3.12. The predicted octanol–water partition coefficient (Wildman–Crippen LogP) is 2.20. The molecular formula is C19H32N2O3. The molecule has 2 bridgehead atoms. The Kier molecular flexibility index (Phi) is 6.14. The van der Waals surface area contributed by atoms with Crippen LogP contribution in [0.1, 0.15) is 51.4 Å². The standard InChI is InChI=1S/C19H32N2O3/c1-24-19(23)6-9-21-7-4-14(5-8-21)13-20-18(22)12-17-11-15-2-3-16(17)10-15/h14-17H,2-13H2,1H3,(H,20,22). The topological polar surface area (TPSA) is 58.6 Å². The van der Waals surface area contributed by atoms with E-state index >= 15 is 0 Å². The molecule has 24 heavy (non-hydrogen) atoms. The number of hydrogen-bond donors (Lipinski definition) is 1. The fraction of sp³-hybridized carbons (Fsp3) is 0.895. The number of nitrogens with one attached hydrogen (secondary N) is 1. The highest BCUT2D eigenvalue weighted by Gasteiger charge is 2.40. The number of piperidine rings is 1. The minimum Gasteiger partial charge on any atom is -0.469 e. The Hall–Kier alpha value is -1.10. The van der Waals surface area contributed by atoms with Crippen molar-refractivity contribution < 1.29 is 14.3 Å². The van der Waals surface area contributed by atoms with Crippen LogP contribution in [0.25, 0.3) is 0 Å². The fourth-order valence-corrected chi connectivity index (χ4v) is 4.96. The first-order valence-corrected chi connectivity index (χ1v) is 9.70. The van der Waals surface area contributed by atoms with Crippen molar-refractivity contribution in [1.29, 1.82) is 0 Å². The van der Waals surface area contributed by atoms with Gasteiger partial charge in [-0.2, -0.15) is 0 Å². The molecule has 1 N–H and O–H groups in total. The SMILES string of the molecule is COC(=O)CCN1CCC(CNC(=O)CC2CC3CCC2C3)CC1. The zero-order valence-corrected chi connectivity index (χ0v) is 15.0. The van der Waals surface area contributed by atoms with Crippen molar-refractivity contribution in [2.24, 2.45) is 23.7 Å². The Bertz CT molecular complexity index is 446. The number of fused-ring (bicyclic) bond motifs is 2. The van der Waals surface area contributed by atoms with Gasteiger partial charge in [-0.25, -0.2) is 0 Å². The van der Waals surface area contributed by atoms with Crippen LogP contribution in [0.2, 0.25) is 0 Å². The van der Waals surface area contributed by atoms with Gasteiger partial charge in [0, 0.05) is 19.5 Å². The van der Waals surface area contributed by atoms with Crippen LogP contribution in [-0.2, 0) is 14.3 Å². The predicted molar refractivity (Wildman–Crippen MR) is 92.4 cm³/mol. The van der Waals surface area contributed by atoms with Gasteiger partial charge in [0.15, 0.2) is 0 Å². The normalized spacial score (nSPS) is 30.5. The average molecular weight is 336 g/mol. The molecule has 3 unspecified atom stereocenters. The molecule has 2 saturated carbocycles. The lowest BCUT2D eigenvalue weighted by molar-refractivity contribution is -0.141. The fourth-order valence-electron chi connectivity index (χ4n) is 4.96. The van der Waals surface area contributed by atoms with Crippen LogP contribution >= 0.6 is 0 Å². The van der Waals surface area contributed by atoms with Gasteiger partial charge in [0.25, 0.3) is 0 Å². The summed E-state index contributed by atoms with van der Waals surface area (Å²) in [7, 11) is 1.44. The second-order valence-corrected chi connectivity index (χ2v) is 8.05. The molecule has 0 radical (unpaired) electrons. The van der Waals surface area contributed by atoms with Crippen molar-refractivity contribution in [2.45, 2.75) is 51.4 Å². The van der Waals surface area contributed by atoms with E-state index in [4.69, 9.17) is 0 Å². The molecule has 1 saturated heterocycles. The maximum Gasteiger partial charge on any atom is 0.306 e. The second kappa shape index (κ2) is 8.32. The summed E-state index contributed by atoms with van der Waals surface area (Å²) >= 11 is 0. The maximum atomic E-state index is 12.2. The van der Waals surface area contributed by atoms with Gasteiger partial charge >= 0.3 is 5.97 Å². The third-order valence-corrected chi connectivity index (χ3v) is 6.49. The van der Waals surface area contributed by atoms with Crippen LogP contribution in [0.5, 0.6) is 0 Å². The molecule has 3 rings (SSSR count). The highest BCUT2D eigenvalue weighted by atomic mass is 16.5. The highest BCUT2D eigenvalue weighted by molar-refractivity contribution is 5.76. The van der Waals surface area contributed by atoms with E-state index < -0.39 is 0 Å². The van der Waals surface area contributed by atoms with Crippen molar-refractivity contribution in [3.05, 3.63) is 0 Å². The molecule has 0 aromatic carbocycles. The lowest BCUT2D eigenvalue weighted by atomic mass is 9.86. The van der Waals surface area contributed by atoms with Gasteiger partial charge in [0.1, 0.15) is 0 Å². The zero-order valence-electron chi connectivity index (χ0n) is 15.0. The number of carbonyl (C=O) groups is 2. The van der Waals surface area contributed by atoms with Crippen LogP contribution in [0.4, 0.5) is 0 Å². The molecule has 0 spiro atoms. The summed E-state index contributed by atoms with van der Waals surface area (Å²) in [6.07, 6.45) is 8.86. The molecule has 3 atom stereocenters. The van der Waals surface area contributed by atoms with Crippen LogP contribution in [-0.4, -0.2) is 50.1 Å². The quantitative estimate of drug-likeness (QED) is 0.724. The molecule has 2 aliphatic carbocycles. The van der Waals surface area contributed by atoms with Crippen molar-refractivity contribution >= 4 is 11.9 Å². The molecule has 5 nitrogen and oxygen atoms in total. The largest absolute Gasteiger partial charge is 0.469 e. The van der Waals surface area contributed by atoms with Crippen LogP contribution in [0, 0.1) is 23.7 Å². The van der Waals surface area contributed by atoms with Crippen LogP contribution < -0.4 is 5.32 Å². The van der Waals surface area contributed by atoms with Crippen molar-refractivity contribution in [2.75, 3.05) is 33.3 Å². The smallest absolute Gasteiger partial charge is 0.306 e. The van der Waals surface area contributed by atoms with E-state index in [2.05, 4.69) is 15.0 Å². The van der Waals surface area contributed by atoms with E-state index in [0.717, 1.165) is 57.3 Å². The first-order chi connectivity index (χ1) is 11.6. The van der Waals surface area contributed by atoms with E-state index in [0.29, 0.717) is 18.3 Å². The molecule has 1 heterocycles. The number of rotatable bonds is 7. The number of ether oxygens (including phenoxy) is 1. The molecule has 1 aliphatic heterocycles. The number of hydrogen-bond acceptors (Lipinski definition) is 4. The van der Waals surface area contributed by atoms with Gasteiger partial charge in [-0.05, 0) is 68.9 Å². The van der Waals surface area contributed by atoms with Gasteiger partial charge in [-0.1, -0.05) is 6.42 Å². The van der Waals surface area contributed by atoms with Crippen molar-refractivity contribution in [3.8, 4) is 0 Å². The number of amides is 1. The van der Waals surface area contributed by atoms with E-state index in [1.807, 2.05) is 0 Å². The molecular weight excluding hydrogens is 304 g/mol. The Morgan fingerprint density at radius 2 is 1.92 bits per heavy atom. The highest BCUT2D eigenvalue weighted by Crippen LogP contribution is 2.49. The van der Waals surface area contributed by atoms with E-state index in [-0.39, 0.29) is 11.9 Å². The lowest BCUT2D eigenvalue weighted by Crippen LogP contribution is -2.39. The minimum absolute atomic E-state index is 0.134. The summed E-state index contributed by atoms with van der Waals surface area (Å²) in [6, 6.07) is 0. The zero-order chi connectivity index (χ0) is 16.9. The number of methoxy groups -OCH3 is 1. The second-order valence-electron chi connectivity index (χ2n) is 8.05. The number of likely N-dealkylation sites (tertiary alicyclic amines) is 1. The Labute approximate surface area is 145 Å². The van der Waals surface area contributed by atoms with Gasteiger partial charge < -0.3 is 15.0 Å². The summed E-state index contributed by atoms with van der Waals surface area (Å²) in [5.41, 5.74) is 0. The Balaban J connectivity index is 1.28. The third-order valence-electron chi connectivity index (χ3n) is 6.49. The number of esters is 1. The summed E-state index contributed by atoms with van der Waals surface area (Å²) in [6.45, 7) is 3.65. The molecule has 3 aliphatic rings. The first kappa shape index (κ1) is 17.7. The average Bonchev–Trinajstić information content (AvgIpc) is 3.21. The van der Waals surface area contributed by atoms with Gasteiger partial charge in [0.2, 0.25) is 5.91 Å². The Morgan fingerprint density at radius 3 is 2.54 bits per heavy atom. The van der Waals surface area contributed by atoms with E-state index in [9.17, 15) is 9.59 Å². The van der Waals surface area contributed by atoms with E-state index in [1.54, 1.807) is 0 Å². The molecule has 0 aromatic rings. The van der Waals surface area contributed by atoms with Crippen LogP contribution in [0.3, 0.4) is 0 Å². The van der Waals surface area contributed by atoms with Crippen LogP contribution in [0.15, 0.2) is 0 Å². The summed E-state index contributed by atoms with van der Waals surface area (Å²) in [5, 5.41) is 3.18. The number of nitrogens with zero attached hydrogens (tertiary/aromatic N) is 1. The maximum absolute atomic E-state index is 12.2. The minimum atomic E-state index is -0.134. The molecule has 5 heteroatoms. The van der Waals surface area contributed by atoms with E-state index in [1.165, 1.54) is 32.8 Å². The summed E-state index contributed by atoms with van der Waals surface area (Å²) < 4.78 is 4.69. The lowest BCUT2D eigenvalue weighted by Gasteiger charge is -2.31. The molecule has 3 fully saturated rings. The summed E-state index contributed by atoms with van der Waals surface area (Å²) in [4.78, 5) is 25.7. The number of carbonyl (C=O) groups excluding carboxylic acids is 2. The molecule has 0 aromatic heterocycles. The van der Waals surface area contributed by atoms with Gasteiger partial charge in [-0.3, -0.25) is 9.59 Å². The molecule has 1 amide bonds. The first-order valence-electron chi connectivity index (χ1n) is 9.70. The van der Waals surface area contributed by atoms with Crippen molar-refractivity contribution in [1.82, 2.24) is 10.2 Å². The van der Waals surface area contributed by atoms with Crippen molar-refractivity contribution in [3.63, 3.8) is 0 Å².